The zero-order valence-corrected chi connectivity index (χ0v) is 16.6. The molecule has 1 N–H and O–H groups in total. The summed E-state index contributed by atoms with van der Waals surface area (Å²) in [4.78, 5) is 12.1. The number of aromatic nitrogens is 1. The number of hydrazone groups is 1. The van der Waals surface area contributed by atoms with Gasteiger partial charge in [0.05, 0.1) is 25.8 Å². The lowest BCUT2D eigenvalue weighted by atomic mass is 10.1. The number of rotatable bonds is 5. The minimum Gasteiger partial charge on any atom is -0.347 e. The molecule has 6 heteroatoms. The van der Waals surface area contributed by atoms with Gasteiger partial charge in [-0.15, -0.1) is 0 Å². The van der Waals surface area contributed by atoms with E-state index in [9.17, 15) is 4.79 Å². The fraction of sp³-hybridized carbons (Fsp3) is 0.429. The van der Waals surface area contributed by atoms with E-state index in [0.717, 1.165) is 22.6 Å². The molecule has 3 rings (SSSR count). The summed E-state index contributed by atoms with van der Waals surface area (Å²) in [6.45, 7) is 11.1. The number of aryl methyl sites for hydroxylation is 3. The molecule has 1 aromatic carbocycles. The third-order valence-corrected chi connectivity index (χ3v) is 4.99. The monoisotopic (exact) mass is 369 g/mol. The van der Waals surface area contributed by atoms with E-state index in [2.05, 4.69) is 60.1 Å². The van der Waals surface area contributed by atoms with Crippen LogP contribution in [0.4, 0.5) is 0 Å². The van der Waals surface area contributed by atoms with Crippen molar-refractivity contribution in [2.75, 3.05) is 13.2 Å². The molecule has 0 spiro atoms. The van der Waals surface area contributed by atoms with Gasteiger partial charge in [0.15, 0.2) is 5.79 Å². The highest BCUT2D eigenvalue weighted by molar-refractivity contribution is 5.84. The zero-order chi connectivity index (χ0) is 19.6. The van der Waals surface area contributed by atoms with Crippen molar-refractivity contribution in [3.8, 4) is 5.69 Å². The lowest BCUT2D eigenvalue weighted by molar-refractivity contribution is -0.159. The Balaban J connectivity index is 1.71. The third kappa shape index (κ3) is 4.28. The summed E-state index contributed by atoms with van der Waals surface area (Å²) in [6, 6.07) is 8.49. The molecule has 1 fully saturated rings. The number of hydrogen-bond donors (Lipinski definition) is 1. The average molecular weight is 369 g/mol. The van der Waals surface area contributed by atoms with Crippen molar-refractivity contribution in [1.82, 2.24) is 9.99 Å². The molecule has 1 aliphatic rings. The number of nitrogens with one attached hydrogen (secondary N) is 1. The molecule has 1 aromatic heterocycles. The topological polar surface area (TPSA) is 64.9 Å². The van der Waals surface area contributed by atoms with Gasteiger partial charge in [-0.2, -0.15) is 5.10 Å². The van der Waals surface area contributed by atoms with Crippen LogP contribution in [-0.2, 0) is 14.3 Å². The minimum absolute atomic E-state index is 0.117. The Morgan fingerprint density at radius 3 is 2.56 bits per heavy atom. The molecule has 1 saturated heterocycles. The van der Waals surface area contributed by atoms with Crippen LogP contribution in [0.15, 0.2) is 29.4 Å². The predicted octanol–water partition coefficient (Wildman–Crippen LogP) is 3.31. The van der Waals surface area contributed by atoms with Gasteiger partial charge in [0.2, 0.25) is 5.91 Å². The van der Waals surface area contributed by atoms with E-state index in [1.807, 2.05) is 6.92 Å². The first-order chi connectivity index (χ1) is 12.8. The molecule has 0 saturated carbocycles. The highest BCUT2D eigenvalue weighted by Gasteiger charge is 2.33. The molecule has 0 atom stereocenters. The van der Waals surface area contributed by atoms with Crippen LogP contribution in [0.1, 0.15) is 41.4 Å². The van der Waals surface area contributed by atoms with Gasteiger partial charge in [-0.1, -0.05) is 6.07 Å². The van der Waals surface area contributed by atoms with E-state index in [0.29, 0.717) is 13.2 Å². The molecule has 1 aliphatic heterocycles. The van der Waals surface area contributed by atoms with Crippen molar-refractivity contribution in [2.24, 2.45) is 5.10 Å². The summed E-state index contributed by atoms with van der Waals surface area (Å²) >= 11 is 0. The van der Waals surface area contributed by atoms with Crippen LogP contribution >= 0.6 is 0 Å². The largest absolute Gasteiger partial charge is 0.347 e. The number of hydrogen-bond acceptors (Lipinski definition) is 4. The fourth-order valence-corrected chi connectivity index (χ4v) is 3.34. The summed E-state index contributed by atoms with van der Waals surface area (Å²) in [7, 11) is 0. The number of nitrogens with zero attached hydrogens (tertiary/aromatic N) is 2. The zero-order valence-electron chi connectivity index (χ0n) is 16.6. The van der Waals surface area contributed by atoms with E-state index in [1.54, 1.807) is 13.1 Å². The van der Waals surface area contributed by atoms with Crippen LogP contribution < -0.4 is 5.43 Å². The molecule has 0 radical (unpaired) electrons. The van der Waals surface area contributed by atoms with Gasteiger partial charge < -0.3 is 14.0 Å². The highest BCUT2D eigenvalue weighted by atomic mass is 16.7. The number of benzene rings is 1. The fourth-order valence-electron chi connectivity index (χ4n) is 3.34. The van der Waals surface area contributed by atoms with Crippen molar-refractivity contribution >= 4 is 12.1 Å². The van der Waals surface area contributed by atoms with Gasteiger partial charge in [-0.25, -0.2) is 5.43 Å². The van der Waals surface area contributed by atoms with E-state index in [-0.39, 0.29) is 12.3 Å². The van der Waals surface area contributed by atoms with E-state index >= 15 is 0 Å². The molecule has 0 unspecified atom stereocenters. The van der Waals surface area contributed by atoms with Crippen molar-refractivity contribution < 1.29 is 14.3 Å². The molecule has 0 bridgehead atoms. The first kappa shape index (κ1) is 19.3. The molecule has 0 aliphatic carbocycles. The molecule has 2 aromatic rings. The number of amides is 1. The molecular weight excluding hydrogens is 342 g/mol. The molecule has 1 amide bonds. The van der Waals surface area contributed by atoms with Crippen LogP contribution in [0, 0.1) is 27.7 Å². The maximum absolute atomic E-state index is 12.1. The number of carbonyl (C=O) groups excluding carboxylic acids is 1. The van der Waals surface area contributed by atoms with Crippen molar-refractivity contribution in [3.05, 3.63) is 52.3 Å². The Morgan fingerprint density at radius 2 is 1.89 bits per heavy atom. The second-order valence-electron chi connectivity index (χ2n) is 7.23. The summed E-state index contributed by atoms with van der Waals surface area (Å²) in [6.07, 6.45) is 1.79. The molecule has 144 valence electrons. The van der Waals surface area contributed by atoms with Crippen LogP contribution in [0.5, 0.6) is 0 Å². The van der Waals surface area contributed by atoms with Crippen molar-refractivity contribution in [2.45, 2.75) is 46.8 Å². The van der Waals surface area contributed by atoms with E-state index in [4.69, 9.17) is 9.47 Å². The maximum Gasteiger partial charge on any atom is 0.245 e. The van der Waals surface area contributed by atoms with Crippen molar-refractivity contribution in [1.29, 1.82) is 0 Å². The Kier molecular flexibility index (Phi) is 5.48. The van der Waals surface area contributed by atoms with Gasteiger partial charge in [-0.05, 0) is 63.9 Å². The van der Waals surface area contributed by atoms with Crippen LogP contribution in [0.2, 0.25) is 0 Å². The summed E-state index contributed by atoms with van der Waals surface area (Å²) < 4.78 is 13.1. The molecule has 2 heterocycles. The maximum atomic E-state index is 12.1. The molecule has 27 heavy (non-hydrogen) atoms. The first-order valence-corrected chi connectivity index (χ1v) is 9.15. The van der Waals surface area contributed by atoms with Crippen molar-refractivity contribution in [3.63, 3.8) is 0 Å². The van der Waals surface area contributed by atoms with E-state index in [1.165, 1.54) is 11.1 Å². The Bertz CT molecular complexity index is 877. The minimum atomic E-state index is -0.848. The predicted molar refractivity (Wildman–Crippen MR) is 105 cm³/mol. The SMILES string of the molecule is Cc1ccc(-n2c(C)cc(/C=N/NC(=O)CC3(C)OCCO3)c2C)cc1C. The van der Waals surface area contributed by atoms with Crippen LogP contribution in [-0.4, -0.2) is 35.7 Å². The van der Waals surface area contributed by atoms with Gasteiger partial charge in [0.25, 0.3) is 0 Å². The highest BCUT2D eigenvalue weighted by Crippen LogP contribution is 2.23. The Labute approximate surface area is 160 Å². The molecular formula is C21H27N3O3. The Hall–Kier alpha value is -2.44. The summed E-state index contributed by atoms with van der Waals surface area (Å²) in [5, 5.41) is 4.11. The van der Waals surface area contributed by atoms with Gasteiger partial charge >= 0.3 is 0 Å². The summed E-state index contributed by atoms with van der Waals surface area (Å²) in [5.41, 5.74) is 9.36. The number of ether oxygens (including phenoxy) is 2. The first-order valence-electron chi connectivity index (χ1n) is 9.15. The smallest absolute Gasteiger partial charge is 0.245 e. The van der Waals surface area contributed by atoms with Crippen LogP contribution in [0.25, 0.3) is 5.69 Å². The lowest BCUT2D eigenvalue weighted by Gasteiger charge is -2.20. The van der Waals surface area contributed by atoms with Gasteiger partial charge in [0, 0.05) is 22.6 Å². The normalized spacial score (nSPS) is 16.2. The van der Waals surface area contributed by atoms with Gasteiger partial charge in [-0.3, -0.25) is 4.79 Å². The van der Waals surface area contributed by atoms with Crippen LogP contribution in [0.3, 0.4) is 0 Å². The standard InChI is InChI=1S/C21H27N3O3/c1-14-6-7-19(10-15(14)2)24-16(3)11-18(17(24)4)13-22-23-20(25)12-21(5)26-8-9-27-21/h6-7,10-11,13H,8-9,12H2,1-5H3,(H,23,25)/b22-13+. The second-order valence-corrected chi connectivity index (χ2v) is 7.23. The quantitative estimate of drug-likeness (QED) is 0.650. The lowest BCUT2D eigenvalue weighted by Crippen LogP contribution is -2.33. The molecule has 6 nitrogen and oxygen atoms in total. The third-order valence-electron chi connectivity index (χ3n) is 4.99. The second kappa shape index (κ2) is 7.66. The van der Waals surface area contributed by atoms with Gasteiger partial charge in [0.1, 0.15) is 0 Å². The number of carbonyl (C=O) groups is 1. The Morgan fingerprint density at radius 1 is 1.19 bits per heavy atom. The summed E-state index contributed by atoms with van der Waals surface area (Å²) in [5.74, 6) is -1.09. The average Bonchev–Trinajstić information content (AvgIpc) is 3.14. The van der Waals surface area contributed by atoms with E-state index < -0.39 is 5.79 Å².